The highest BCUT2D eigenvalue weighted by Gasteiger charge is 2.18. The van der Waals surface area contributed by atoms with Crippen molar-refractivity contribution in [1.82, 2.24) is 9.36 Å². The molecule has 1 aromatic heterocycles. The van der Waals surface area contributed by atoms with Crippen molar-refractivity contribution in [2.45, 2.75) is 32.7 Å². The van der Waals surface area contributed by atoms with Gasteiger partial charge in [0.25, 0.3) is 0 Å². The summed E-state index contributed by atoms with van der Waals surface area (Å²) in [6.45, 7) is 6.84. The third-order valence-electron chi connectivity index (χ3n) is 1.73. The molecule has 5 heteroatoms. The molecule has 0 bridgehead atoms. The van der Waals surface area contributed by atoms with Crippen LogP contribution in [0.1, 0.15) is 26.6 Å². The number of aryl methyl sites for hydroxylation is 1. The Bertz CT molecular complexity index is 285. The first kappa shape index (κ1) is 11.4. The van der Waals surface area contributed by atoms with E-state index in [1.165, 1.54) is 11.5 Å². The molecule has 14 heavy (non-hydrogen) atoms. The Labute approximate surface area is 88.9 Å². The Kier molecular flexibility index (Phi) is 3.83. The van der Waals surface area contributed by atoms with Crippen LogP contribution in [-0.4, -0.2) is 28.6 Å². The van der Waals surface area contributed by atoms with Gasteiger partial charge in [0, 0.05) is 25.1 Å². The number of hydrogen-bond donors (Lipinski definition) is 1. The van der Waals surface area contributed by atoms with Crippen LogP contribution in [-0.2, 0) is 11.2 Å². The second kappa shape index (κ2) is 4.70. The first-order valence-corrected chi connectivity index (χ1v) is 5.44. The first-order chi connectivity index (χ1) is 6.57. The fraction of sp³-hybridized carbons (Fsp3) is 0.778. The molecule has 0 aliphatic heterocycles. The minimum Gasteiger partial charge on any atom is -0.382 e. The lowest BCUT2D eigenvalue weighted by Crippen LogP contribution is -2.35. The molecule has 0 aliphatic carbocycles. The van der Waals surface area contributed by atoms with Gasteiger partial charge in [0.15, 0.2) is 0 Å². The number of rotatable bonds is 5. The average molecular weight is 215 g/mol. The summed E-state index contributed by atoms with van der Waals surface area (Å²) in [5.74, 6) is 0.894. The SMILES string of the molecule is CCc1nsc(NC(C)(C)COC)n1. The third-order valence-corrected chi connectivity index (χ3v) is 2.40. The highest BCUT2D eigenvalue weighted by Crippen LogP contribution is 2.17. The molecule has 4 nitrogen and oxygen atoms in total. The fourth-order valence-corrected chi connectivity index (χ4v) is 1.96. The van der Waals surface area contributed by atoms with E-state index in [9.17, 15) is 0 Å². The van der Waals surface area contributed by atoms with Crippen LogP contribution in [0.3, 0.4) is 0 Å². The van der Waals surface area contributed by atoms with E-state index in [-0.39, 0.29) is 5.54 Å². The predicted octanol–water partition coefficient (Wildman–Crippen LogP) is 1.94. The van der Waals surface area contributed by atoms with Crippen LogP contribution in [0.15, 0.2) is 0 Å². The summed E-state index contributed by atoms with van der Waals surface area (Å²) in [5, 5.41) is 4.16. The maximum absolute atomic E-state index is 5.11. The summed E-state index contributed by atoms with van der Waals surface area (Å²) in [4.78, 5) is 4.34. The molecule has 0 spiro atoms. The highest BCUT2D eigenvalue weighted by atomic mass is 32.1. The molecule has 0 atom stereocenters. The van der Waals surface area contributed by atoms with Gasteiger partial charge >= 0.3 is 0 Å². The van der Waals surface area contributed by atoms with Gasteiger partial charge < -0.3 is 10.1 Å². The highest BCUT2D eigenvalue weighted by molar-refractivity contribution is 7.09. The molecule has 1 heterocycles. The largest absolute Gasteiger partial charge is 0.382 e. The van der Waals surface area contributed by atoms with Gasteiger partial charge in [-0.3, -0.25) is 0 Å². The number of nitrogens with one attached hydrogen (secondary N) is 1. The van der Waals surface area contributed by atoms with Crippen molar-refractivity contribution >= 4 is 16.7 Å². The lowest BCUT2D eigenvalue weighted by atomic mass is 10.1. The predicted molar refractivity (Wildman–Crippen MR) is 58.9 cm³/mol. The zero-order valence-corrected chi connectivity index (χ0v) is 9.94. The van der Waals surface area contributed by atoms with Crippen LogP contribution in [0.2, 0.25) is 0 Å². The Hall–Kier alpha value is -0.680. The van der Waals surface area contributed by atoms with Crippen molar-refractivity contribution in [3.63, 3.8) is 0 Å². The summed E-state index contributed by atoms with van der Waals surface area (Å²) in [6, 6.07) is 0. The lowest BCUT2D eigenvalue weighted by molar-refractivity contribution is 0.158. The smallest absolute Gasteiger partial charge is 0.203 e. The van der Waals surface area contributed by atoms with Crippen LogP contribution in [0.5, 0.6) is 0 Å². The molecule has 0 amide bonds. The monoisotopic (exact) mass is 215 g/mol. The molecule has 1 aromatic rings. The van der Waals surface area contributed by atoms with Crippen molar-refractivity contribution in [3.05, 3.63) is 5.82 Å². The number of aromatic nitrogens is 2. The van der Waals surface area contributed by atoms with E-state index in [1.54, 1.807) is 7.11 Å². The van der Waals surface area contributed by atoms with Gasteiger partial charge in [0.05, 0.1) is 12.1 Å². The lowest BCUT2D eigenvalue weighted by Gasteiger charge is -2.24. The number of ether oxygens (including phenoxy) is 1. The molecule has 0 fully saturated rings. The van der Waals surface area contributed by atoms with E-state index in [1.807, 2.05) is 6.92 Å². The summed E-state index contributed by atoms with van der Waals surface area (Å²) in [6.07, 6.45) is 0.878. The number of hydrogen-bond acceptors (Lipinski definition) is 5. The second-order valence-electron chi connectivity index (χ2n) is 3.81. The van der Waals surface area contributed by atoms with Gasteiger partial charge in [-0.25, -0.2) is 4.98 Å². The van der Waals surface area contributed by atoms with Crippen molar-refractivity contribution in [1.29, 1.82) is 0 Å². The Morgan fingerprint density at radius 1 is 1.50 bits per heavy atom. The Balaban J connectivity index is 2.58. The molecular formula is C9H17N3OS. The summed E-state index contributed by atoms with van der Waals surface area (Å²) >= 11 is 1.40. The van der Waals surface area contributed by atoms with Gasteiger partial charge in [0.2, 0.25) is 5.13 Å². The molecular weight excluding hydrogens is 198 g/mol. The molecule has 0 radical (unpaired) electrons. The summed E-state index contributed by atoms with van der Waals surface area (Å²) in [5.41, 5.74) is -0.0979. The number of methoxy groups -OCH3 is 1. The van der Waals surface area contributed by atoms with Gasteiger partial charge in [-0.2, -0.15) is 4.37 Å². The maximum atomic E-state index is 5.11. The van der Waals surface area contributed by atoms with Crippen LogP contribution in [0, 0.1) is 0 Å². The fourth-order valence-electron chi connectivity index (χ4n) is 1.13. The quantitative estimate of drug-likeness (QED) is 0.815. The Morgan fingerprint density at radius 3 is 2.71 bits per heavy atom. The average Bonchev–Trinajstić information content (AvgIpc) is 2.51. The molecule has 0 saturated carbocycles. The van der Waals surface area contributed by atoms with Crippen molar-refractivity contribution in [3.8, 4) is 0 Å². The van der Waals surface area contributed by atoms with E-state index in [2.05, 4.69) is 28.5 Å². The summed E-state index contributed by atoms with van der Waals surface area (Å²) < 4.78 is 9.31. The van der Waals surface area contributed by atoms with Crippen molar-refractivity contribution in [2.24, 2.45) is 0 Å². The molecule has 1 N–H and O–H groups in total. The van der Waals surface area contributed by atoms with Gasteiger partial charge in [-0.15, -0.1) is 0 Å². The van der Waals surface area contributed by atoms with E-state index < -0.39 is 0 Å². The second-order valence-corrected chi connectivity index (χ2v) is 4.56. The standard InChI is InChI=1S/C9H17N3OS/c1-5-7-10-8(14-12-7)11-9(2,3)6-13-4/h5-6H2,1-4H3,(H,10,11,12). The van der Waals surface area contributed by atoms with Crippen LogP contribution >= 0.6 is 11.5 Å². The molecule has 1 rings (SSSR count). The van der Waals surface area contributed by atoms with Crippen molar-refractivity contribution in [2.75, 3.05) is 19.0 Å². The van der Waals surface area contributed by atoms with Crippen molar-refractivity contribution < 1.29 is 4.74 Å². The Morgan fingerprint density at radius 2 is 2.21 bits per heavy atom. The maximum Gasteiger partial charge on any atom is 0.203 e. The normalized spacial score (nSPS) is 11.7. The van der Waals surface area contributed by atoms with E-state index in [4.69, 9.17) is 4.74 Å². The molecule has 80 valence electrons. The summed E-state index contributed by atoms with van der Waals surface area (Å²) in [7, 11) is 1.70. The van der Waals surface area contributed by atoms with E-state index in [0.29, 0.717) is 6.61 Å². The van der Waals surface area contributed by atoms with Gasteiger partial charge in [0.1, 0.15) is 5.82 Å². The zero-order valence-electron chi connectivity index (χ0n) is 9.13. The molecule has 0 unspecified atom stereocenters. The van der Waals surface area contributed by atoms with Crippen LogP contribution in [0.25, 0.3) is 0 Å². The van der Waals surface area contributed by atoms with E-state index in [0.717, 1.165) is 17.4 Å². The van der Waals surface area contributed by atoms with E-state index >= 15 is 0 Å². The minimum absolute atomic E-state index is 0.0979. The number of nitrogens with zero attached hydrogens (tertiary/aromatic N) is 2. The van der Waals surface area contributed by atoms with Gasteiger partial charge in [-0.1, -0.05) is 6.92 Å². The molecule has 0 saturated heterocycles. The molecule has 0 aliphatic rings. The molecule has 0 aromatic carbocycles. The van der Waals surface area contributed by atoms with Gasteiger partial charge in [-0.05, 0) is 13.8 Å². The topological polar surface area (TPSA) is 47.0 Å². The first-order valence-electron chi connectivity index (χ1n) is 4.67. The van der Waals surface area contributed by atoms with Crippen LogP contribution in [0.4, 0.5) is 5.13 Å². The number of anilines is 1. The zero-order chi connectivity index (χ0) is 10.6. The third kappa shape index (κ3) is 3.23. The van der Waals surface area contributed by atoms with Crippen LogP contribution < -0.4 is 5.32 Å². The minimum atomic E-state index is -0.0979.